The summed E-state index contributed by atoms with van der Waals surface area (Å²) in [6.07, 6.45) is 0.0656. The average Bonchev–Trinajstić information content (AvgIpc) is 2.65. The number of hydrogen-bond donors (Lipinski definition) is 1. The van der Waals surface area contributed by atoms with Gasteiger partial charge in [0.2, 0.25) is 0 Å². The van der Waals surface area contributed by atoms with Gasteiger partial charge in [-0.05, 0) is 31.2 Å². The molecule has 0 aliphatic carbocycles. The maximum Gasteiger partial charge on any atom is 0.184 e. The third kappa shape index (κ3) is 3.12. The fourth-order valence-electron chi connectivity index (χ4n) is 2.99. The van der Waals surface area contributed by atoms with Crippen molar-refractivity contribution in [1.82, 2.24) is 0 Å². The molecule has 5 heteroatoms. The van der Waals surface area contributed by atoms with Crippen LogP contribution in [0.5, 0.6) is 23.0 Å². The molecule has 0 aromatic heterocycles. The highest BCUT2D eigenvalue weighted by Crippen LogP contribution is 2.32. The summed E-state index contributed by atoms with van der Waals surface area (Å²) in [5.41, 5.74) is 0. The Morgan fingerprint density at radius 2 is 1.46 bits per heavy atom. The molecule has 0 fully saturated rings. The van der Waals surface area contributed by atoms with Crippen LogP contribution in [0, 0.1) is 0 Å². The van der Waals surface area contributed by atoms with Crippen LogP contribution in [0.2, 0.25) is 0 Å². The number of para-hydroxylation sites is 4. The standard InChI is InChI=1S/C19H21NO4/c1-13(19-12-22-16-7-3-5-9-18(16)24-19)20-10-14-11-21-15-6-2-4-8-17(15)23-14/h2-9,13-14,19-20H,10-12H2,1H3/p+1/t13-,14+,19+/m0/s1. The van der Waals surface area contributed by atoms with Crippen molar-refractivity contribution in [2.24, 2.45) is 0 Å². The number of hydrogen-bond acceptors (Lipinski definition) is 4. The van der Waals surface area contributed by atoms with Crippen molar-refractivity contribution >= 4 is 0 Å². The van der Waals surface area contributed by atoms with Gasteiger partial charge in [-0.3, -0.25) is 0 Å². The van der Waals surface area contributed by atoms with Crippen LogP contribution in [-0.2, 0) is 0 Å². The van der Waals surface area contributed by atoms with E-state index < -0.39 is 0 Å². The molecular formula is C19H22NO4+. The summed E-state index contributed by atoms with van der Waals surface area (Å²) in [5, 5.41) is 2.24. The lowest BCUT2D eigenvalue weighted by molar-refractivity contribution is -0.697. The molecule has 4 rings (SSSR count). The molecule has 3 atom stereocenters. The summed E-state index contributed by atoms with van der Waals surface area (Å²) < 4.78 is 23.6. The molecule has 5 nitrogen and oxygen atoms in total. The second kappa shape index (κ2) is 6.61. The molecule has 2 aliphatic rings. The van der Waals surface area contributed by atoms with Gasteiger partial charge in [0.25, 0.3) is 0 Å². The monoisotopic (exact) mass is 328 g/mol. The van der Waals surface area contributed by atoms with E-state index in [1.165, 1.54) is 0 Å². The van der Waals surface area contributed by atoms with Crippen molar-refractivity contribution in [3.05, 3.63) is 48.5 Å². The van der Waals surface area contributed by atoms with Gasteiger partial charge in [-0.1, -0.05) is 24.3 Å². The van der Waals surface area contributed by atoms with Gasteiger partial charge in [-0.15, -0.1) is 0 Å². The zero-order valence-electron chi connectivity index (χ0n) is 13.7. The molecule has 2 heterocycles. The van der Waals surface area contributed by atoms with Crippen LogP contribution in [-0.4, -0.2) is 38.0 Å². The fraction of sp³-hybridized carbons (Fsp3) is 0.368. The van der Waals surface area contributed by atoms with Crippen molar-refractivity contribution in [3.8, 4) is 23.0 Å². The highest BCUT2D eigenvalue weighted by molar-refractivity contribution is 5.41. The van der Waals surface area contributed by atoms with E-state index in [1.54, 1.807) is 0 Å². The Labute approximate surface area is 141 Å². The Balaban J connectivity index is 1.31. The molecule has 0 bridgehead atoms. The van der Waals surface area contributed by atoms with E-state index >= 15 is 0 Å². The molecule has 126 valence electrons. The SMILES string of the molecule is C[C@H]([NH2+]C[C@@H]1COc2ccccc2O1)[C@H]1COc2ccccc2O1. The first-order valence-electron chi connectivity index (χ1n) is 8.40. The first kappa shape index (κ1) is 15.1. The molecule has 0 spiro atoms. The van der Waals surface area contributed by atoms with Crippen LogP contribution in [0.4, 0.5) is 0 Å². The zero-order chi connectivity index (χ0) is 16.4. The van der Waals surface area contributed by atoms with Gasteiger partial charge in [0.05, 0.1) is 0 Å². The van der Waals surface area contributed by atoms with Gasteiger partial charge in [0.15, 0.2) is 35.2 Å². The second-order valence-electron chi connectivity index (χ2n) is 6.24. The zero-order valence-corrected chi connectivity index (χ0v) is 13.7. The van der Waals surface area contributed by atoms with Crippen molar-refractivity contribution in [2.75, 3.05) is 19.8 Å². The van der Waals surface area contributed by atoms with Gasteiger partial charge < -0.3 is 24.3 Å². The van der Waals surface area contributed by atoms with Crippen molar-refractivity contribution in [3.63, 3.8) is 0 Å². The highest BCUT2D eigenvalue weighted by Gasteiger charge is 2.30. The number of ether oxygens (including phenoxy) is 4. The maximum atomic E-state index is 6.06. The number of fused-ring (bicyclic) bond motifs is 2. The summed E-state index contributed by atoms with van der Waals surface area (Å²) in [4.78, 5) is 0. The number of rotatable bonds is 4. The Hall–Kier alpha value is -2.40. The van der Waals surface area contributed by atoms with Crippen molar-refractivity contribution < 1.29 is 24.3 Å². The van der Waals surface area contributed by atoms with E-state index in [4.69, 9.17) is 18.9 Å². The topological polar surface area (TPSA) is 53.5 Å². The minimum absolute atomic E-state index is 0.0247. The molecule has 2 aromatic rings. The molecule has 0 radical (unpaired) electrons. The molecule has 2 aliphatic heterocycles. The quantitative estimate of drug-likeness (QED) is 0.927. The van der Waals surface area contributed by atoms with Crippen molar-refractivity contribution in [1.29, 1.82) is 0 Å². The van der Waals surface area contributed by atoms with Crippen LogP contribution in [0.1, 0.15) is 6.92 Å². The van der Waals surface area contributed by atoms with E-state index in [0.717, 1.165) is 29.5 Å². The Morgan fingerprint density at radius 3 is 2.17 bits per heavy atom. The first-order chi connectivity index (χ1) is 11.8. The Bertz CT molecular complexity index is 705. The van der Waals surface area contributed by atoms with Gasteiger partial charge >= 0.3 is 0 Å². The third-order valence-electron chi connectivity index (χ3n) is 4.46. The lowest BCUT2D eigenvalue weighted by Crippen LogP contribution is -2.94. The second-order valence-corrected chi connectivity index (χ2v) is 6.24. The third-order valence-corrected chi connectivity index (χ3v) is 4.46. The Kier molecular flexibility index (Phi) is 4.17. The fourth-order valence-corrected chi connectivity index (χ4v) is 2.99. The minimum Gasteiger partial charge on any atom is -0.486 e. The summed E-state index contributed by atoms with van der Waals surface area (Å²) in [6.45, 7) is 4.11. The number of quaternary nitrogens is 1. The van der Waals surface area contributed by atoms with Crippen LogP contribution in [0.3, 0.4) is 0 Å². The molecule has 2 aromatic carbocycles. The molecule has 0 saturated carbocycles. The van der Waals surface area contributed by atoms with Crippen molar-refractivity contribution in [2.45, 2.75) is 25.2 Å². The number of benzene rings is 2. The summed E-state index contributed by atoms with van der Waals surface area (Å²) in [7, 11) is 0. The smallest absolute Gasteiger partial charge is 0.184 e. The lowest BCUT2D eigenvalue weighted by atomic mass is 10.1. The lowest BCUT2D eigenvalue weighted by Gasteiger charge is -2.30. The number of nitrogens with two attached hydrogens (primary N) is 1. The Morgan fingerprint density at radius 1 is 0.875 bits per heavy atom. The highest BCUT2D eigenvalue weighted by atomic mass is 16.6. The van der Waals surface area contributed by atoms with E-state index in [1.807, 2.05) is 48.5 Å². The largest absolute Gasteiger partial charge is 0.486 e. The summed E-state index contributed by atoms with van der Waals surface area (Å²) >= 11 is 0. The van der Waals surface area contributed by atoms with Gasteiger partial charge in [0.1, 0.15) is 25.8 Å². The minimum atomic E-state index is 0.0247. The predicted octanol–water partition coefficient (Wildman–Crippen LogP) is 1.62. The molecule has 0 amide bonds. The normalized spacial score (nSPS) is 22.7. The van der Waals surface area contributed by atoms with E-state index in [9.17, 15) is 0 Å². The first-order valence-corrected chi connectivity index (χ1v) is 8.40. The maximum absolute atomic E-state index is 6.06. The molecule has 2 N–H and O–H groups in total. The van der Waals surface area contributed by atoms with Gasteiger partial charge in [-0.25, -0.2) is 0 Å². The molecule has 0 unspecified atom stereocenters. The van der Waals surface area contributed by atoms with Crippen LogP contribution in [0.25, 0.3) is 0 Å². The van der Waals surface area contributed by atoms with E-state index in [-0.39, 0.29) is 18.2 Å². The van der Waals surface area contributed by atoms with Crippen LogP contribution < -0.4 is 24.3 Å². The van der Waals surface area contributed by atoms with Gasteiger partial charge in [0, 0.05) is 0 Å². The van der Waals surface area contributed by atoms with Gasteiger partial charge in [-0.2, -0.15) is 0 Å². The summed E-state index contributed by atoms with van der Waals surface area (Å²) in [6, 6.07) is 15.9. The van der Waals surface area contributed by atoms with Crippen LogP contribution in [0.15, 0.2) is 48.5 Å². The van der Waals surface area contributed by atoms with E-state index in [0.29, 0.717) is 13.2 Å². The molecule has 24 heavy (non-hydrogen) atoms. The summed E-state index contributed by atoms with van der Waals surface area (Å²) in [5.74, 6) is 3.28. The molecule has 0 saturated heterocycles. The average molecular weight is 328 g/mol. The predicted molar refractivity (Wildman–Crippen MR) is 89.0 cm³/mol. The van der Waals surface area contributed by atoms with Crippen LogP contribution >= 0.6 is 0 Å². The van der Waals surface area contributed by atoms with E-state index in [2.05, 4.69) is 12.2 Å². The molecular weight excluding hydrogens is 306 g/mol.